The zero-order valence-corrected chi connectivity index (χ0v) is 14.7. The van der Waals surface area contributed by atoms with E-state index in [0.29, 0.717) is 0 Å². The molecule has 9 nitrogen and oxygen atoms in total. The van der Waals surface area contributed by atoms with Gasteiger partial charge in [0.15, 0.2) is 0 Å². The lowest BCUT2D eigenvalue weighted by atomic mass is 10.2. The topological polar surface area (TPSA) is 113 Å². The number of carbonyl (C=O) groups excluding carboxylic acids is 3. The lowest BCUT2D eigenvalue weighted by Crippen LogP contribution is -2.54. The van der Waals surface area contributed by atoms with Gasteiger partial charge in [-0.25, -0.2) is 22.6 Å². The number of hydrogen-bond acceptors (Lipinski definition) is 6. The number of ether oxygens (including phenoxy) is 1. The second-order valence-corrected chi connectivity index (χ2v) is 7.11. The maximum Gasteiger partial charge on any atom is 0.500 e. The summed E-state index contributed by atoms with van der Waals surface area (Å²) in [5.41, 5.74) is 0.451. The summed E-state index contributed by atoms with van der Waals surface area (Å²) in [6.07, 6.45) is 1.04. The van der Waals surface area contributed by atoms with E-state index in [2.05, 4.69) is 4.72 Å². The fourth-order valence-corrected chi connectivity index (χ4v) is 3.54. The quantitative estimate of drug-likeness (QED) is 0.590. The van der Waals surface area contributed by atoms with E-state index in [-0.39, 0.29) is 17.9 Å². The van der Waals surface area contributed by atoms with Crippen LogP contribution in [0.4, 0.5) is 10.5 Å². The Labute approximate surface area is 144 Å². The highest BCUT2D eigenvalue weighted by atomic mass is 32.2. The standard InChI is InChI=1S/C15H17N3O6S/c1-4-24-14(20)10-5-7-11(8-6-10)16-25(22,23)12-9-17(2)15(21)18(3)13(12)19/h5-9,12H,4H2,1-3H3/p+1. The lowest BCUT2D eigenvalue weighted by molar-refractivity contribution is -0.399. The summed E-state index contributed by atoms with van der Waals surface area (Å²) in [6, 6.07) is 4.97. The van der Waals surface area contributed by atoms with Crippen LogP contribution in [0.1, 0.15) is 17.3 Å². The minimum absolute atomic E-state index is 0.177. The van der Waals surface area contributed by atoms with Crippen molar-refractivity contribution in [2.24, 2.45) is 0 Å². The molecule has 0 saturated heterocycles. The molecule has 3 amide bonds. The van der Waals surface area contributed by atoms with E-state index in [0.717, 1.165) is 15.7 Å². The molecule has 1 unspecified atom stereocenters. The second-order valence-electron chi connectivity index (χ2n) is 5.31. The van der Waals surface area contributed by atoms with E-state index < -0.39 is 33.2 Å². The number of nitrogens with one attached hydrogen (secondary N) is 1. The van der Waals surface area contributed by atoms with Crippen LogP contribution in [-0.4, -0.2) is 68.0 Å². The van der Waals surface area contributed by atoms with Gasteiger partial charge in [-0.05, 0) is 31.2 Å². The van der Waals surface area contributed by atoms with Gasteiger partial charge in [0.25, 0.3) is 10.0 Å². The minimum Gasteiger partial charge on any atom is -0.462 e. The Balaban J connectivity index is 2.23. The molecule has 10 heteroatoms. The molecule has 1 aromatic carbocycles. The normalized spacial score (nSPS) is 18.0. The van der Waals surface area contributed by atoms with Crippen LogP contribution >= 0.6 is 0 Å². The maximum absolute atomic E-state index is 12.5. The van der Waals surface area contributed by atoms with Crippen molar-refractivity contribution in [3.8, 4) is 0 Å². The molecule has 1 atom stereocenters. The Bertz CT molecular complexity index is 845. The number of sulfonamides is 1. The summed E-state index contributed by atoms with van der Waals surface area (Å²) < 4.78 is 33.1. The van der Waals surface area contributed by atoms with Crippen LogP contribution in [0, 0.1) is 0 Å². The number of nitrogens with zero attached hydrogens (tertiary/aromatic N) is 2. The third-order valence-corrected chi connectivity index (χ3v) is 5.02. The SMILES string of the molecule is CCOC(=O)c1ccc(NS(=O)(=O)C2C=[N+](C)C(=O)N(C)C2=O)cc1. The molecule has 0 aliphatic carbocycles. The zero-order valence-electron chi connectivity index (χ0n) is 13.9. The molecule has 0 spiro atoms. The first kappa shape index (κ1) is 18.6. The average molecular weight is 368 g/mol. The van der Waals surface area contributed by atoms with Crippen molar-refractivity contribution in [1.29, 1.82) is 0 Å². The maximum atomic E-state index is 12.5. The number of urea groups is 1. The highest BCUT2D eigenvalue weighted by Gasteiger charge is 2.46. The van der Waals surface area contributed by atoms with Crippen LogP contribution in [0.15, 0.2) is 24.3 Å². The Morgan fingerprint density at radius 3 is 2.44 bits per heavy atom. The summed E-state index contributed by atoms with van der Waals surface area (Å²) in [5, 5.41) is -1.54. The summed E-state index contributed by atoms with van der Waals surface area (Å²) in [5.74, 6) is -1.37. The average Bonchev–Trinajstić information content (AvgIpc) is 2.56. The van der Waals surface area contributed by atoms with Gasteiger partial charge in [0.1, 0.15) is 6.21 Å². The molecule has 1 aromatic rings. The summed E-state index contributed by atoms with van der Waals surface area (Å²) >= 11 is 0. The highest BCUT2D eigenvalue weighted by Crippen LogP contribution is 2.16. The van der Waals surface area contributed by atoms with Gasteiger partial charge in [-0.15, -0.1) is 0 Å². The number of carbonyl (C=O) groups is 3. The van der Waals surface area contributed by atoms with Crippen molar-refractivity contribution < 1.29 is 32.1 Å². The lowest BCUT2D eigenvalue weighted by Gasteiger charge is -2.20. The Hall–Kier alpha value is -2.75. The molecular formula is C15H18N3O6S+. The number of rotatable bonds is 5. The van der Waals surface area contributed by atoms with Crippen LogP contribution in [0.2, 0.25) is 0 Å². The number of esters is 1. The van der Waals surface area contributed by atoms with Gasteiger partial charge in [0.2, 0.25) is 5.25 Å². The van der Waals surface area contributed by atoms with Crippen LogP contribution < -0.4 is 4.72 Å². The third-order valence-electron chi connectivity index (χ3n) is 3.51. The first-order valence-electron chi connectivity index (χ1n) is 7.35. The molecule has 2 rings (SSSR count). The van der Waals surface area contributed by atoms with E-state index in [1.54, 1.807) is 6.92 Å². The van der Waals surface area contributed by atoms with Gasteiger partial charge >= 0.3 is 17.9 Å². The molecule has 0 fully saturated rings. The van der Waals surface area contributed by atoms with Gasteiger partial charge in [-0.3, -0.25) is 4.72 Å². The van der Waals surface area contributed by atoms with Crippen molar-refractivity contribution in [2.45, 2.75) is 12.2 Å². The molecule has 0 aromatic heterocycles. The molecule has 0 radical (unpaired) electrons. The van der Waals surface area contributed by atoms with Gasteiger partial charge in [0.05, 0.1) is 26.3 Å². The molecule has 0 saturated carbocycles. The largest absolute Gasteiger partial charge is 0.500 e. The zero-order chi connectivity index (χ0) is 18.8. The van der Waals surface area contributed by atoms with E-state index >= 15 is 0 Å². The smallest absolute Gasteiger partial charge is 0.462 e. The molecule has 1 N–H and O–H groups in total. The number of hydrogen-bond donors (Lipinski definition) is 1. The molecule has 1 aliphatic rings. The van der Waals surface area contributed by atoms with E-state index in [1.165, 1.54) is 38.4 Å². The third kappa shape index (κ3) is 3.85. The van der Waals surface area contributed by atoms with E-state index in [9.17, 15) is 22.8 Å². The number of imide groups is 1. The minimum atomic E-state index is -4.12. The van der Waals surface area contributed by atoms with Gasteiger partial charge in [-0.1, -0.05) is 0 Å². The van der Waals surface area contributed by atoms with Gasteiger partial charge in [0, 0.05) is 5.69 Å². The van der Waals surface area contributed by atoms with Gasteiger partial charge < -0.3 is 4.74 Å². The van der Waals surface area contributed by atoms with Crippen molar-refractivity contribution in [3.05, 3.63) is 29.8 Å². The van der Waals surface area contributed by atoms with Crippen LogP contribution in [0.3, 0.4) is 0 Å². The predicted molar refractivity (Wildman–Crippen MR) is 89.1 cm³/mol. The Morgan fingerprint density at radius 1 is 1.28 bits per heavy atom. The Kier molecular flexibility index (Phi) is 5.21. The van der Waals surface area contributed by atoms with Crippen molar-refractivity contribution in [3.63, 3.8) is 0 Å². The number of benzene rings is 1. The highest BCUT2D eigenvalue weighted by molar-refractivity contribution is 7.94. The first-order chi connectivity index (χ1) is 11.7. The summed E-state index contributed by atoms with van der Waals surface area (Å²) in [7, 11) is -1.55. The fourth-order valence-electron chi connectivity index (χ4n) is 2.18. The van der Waals surface area contributed by atoms with E-state index in [1.807, 2.05) is 0 Å². The van der Waals surface area contributed by atoms with Crippen LogP contribution in [0.5, 0.6) is 0 Å². The molecule has 1 heterocycles. The van der Waals surface area contributed by atoms with Crippen molar-refractivity contribution >= 4 is 39.8 Å². The summed E-state index contributed by atoms with van der Waals surface area (Å²) in [4.78, 5) is 36.1. The van der Waals surface area contributed by atoms with Crippen molar-refractivity contribution in [1.82, 2.24) is 4.90 Å². The van der Waals surface area contributed by atoms with Crippen LogP contribution in [-0.2, 0) is 19.6 Å². The molecule has 1 aliphatic heterocycles. The van der Waals surface area contributed by atoms with Gasteiger partial charge in [-0.2, -0.15) is 9.69 Å². The van der Waals surface area contributed by atoms with E-state index in [4.69, 9.17) is 4.74 Å². The number of amides is 3. The molecule has 0 bridgehead atoms. The van der Waals surface area contributed by atoms with Crippen LogP contribution in [0.25, 0.3) is 0 Å². The monoisotopic (exact) mass is 368 g/mol. The summed E-state index contributed by atoms with van der Waals surface area (Å²) in [6.45, 7) is 1.91. The number of anilines is 1. The Morgan fingerprint density at radius 2 is 1.88 bits per heavy atom. The molecule has 134 valence electrons. The molecule has 25 heavy (non-hydrogen) atoms. The fraction of sp³-hybridized carbons (Fsp3) is 0.333. The second kappa shape index (κ2) is 7.01. The molecular weight excluding hydrogens is 350 g/mol. The van der Waals surface area contributed by atoms with Crippen molar-refractivity contribution in [2.75, 3.05) is 25.4 Å². The first-order valence-corrected chi connectivity index (χ1v) is 8.90. The predicted octanol–water partition coefficient (Wildman–Crippen LogP) is 0.279.